The molecule has 0 atom stereocenters. The number of unbranched alkanes of at least 4 members (excludes halogenated alkanes) is 1. The highest BCUT2D eigenvalue weighted by atomic mass is 19.1. The number of carbonyl (C=O) groups is 1. The third kappa shape index (κ3) is 2.62. The molecule has 0 fully saturated rings. The van der Waals surface area contributed by atoms with E-state index in [0.717, 1.165) is 18.6 Å². The van der Waals surface area contributed by atoms with Gasteiger partial charge in [-0.05, 0) is 18.6 Å². The summed E-state index contributed by atoms with van der Waals surface area (Å²) in [6, 6.07) is 1.86. The lowest BCUT2D eigenvalue weighted by Crippen LogP contribution is -2.09. The molecule has 16 heavy (non-hydrogen) atoms. The van der Waals surface area contributed by atoms with Gasteiger partial charge < -0.3 is 14.9 Å². The van der Waals surface area contributed by atoms with Crippen LogP contribution in [0.1, 0.15) is 30.1 Å². The van der Waals surface area contributed by atoms with Gasteiger partial charge in [0.2, 0.25) is 0 Å². The molecule has 0 heterocycles. The predicted molar refractivity (Wildman–Crippen MR) is 54.9 cm³/mol. The van der Waals surface area contributed by atoms with Crippen LogP contribution in [0.3, 0.4) is 0 Å². The summed E-state index contributed by atoms with van der Waals surface area (Å²) in [6.07, 6.45) is 1.49. The van der Waals surface area contributed by atoms with Crippen molar-refractivity contribution < 1.29 is 24.1 Å². The Morgan fingerprint density at radius 3 is 2.75 bits per heavy atom. The lowest BCUT2D eigenvalue weighted by molar-refractivity contribution is 0.0490. The Hall–Kier alpha value is -1.78. The fraction of sp³-hybridized carbons (Fsp3) is 0.364. The van der Waals surface area contributed by atoms with E-state index in [0.29, 0.717) is 6.42 Å². The Balaban J connectivity index is 2.86. The number of phenolic OH excluding ortho intramolecular Hbond substituents is 2. The Labute approximate surface area is 92.3 Å². The number of hydrogen-bond donors (Lipinski definition) is 2. The second-order valence-electron chi connectivity index (χ2n) is 3.28. The fourth-order valence-electron chi connectivity index (χ4n) is 1.13. The van der Waals surface area contributed by atoms with Gasteiger partial charge in [0, 0.05) is 0 Å². The molecule has 1 rings (SSSR count). The van der Waals surface area contributed by atoms with Crippen LogP contribution >= 0.6 is 0 Å². The molecule has 5 heteroatoms. The van der Waals surface area contributed by atoms with E-state index in [1.54, 1.807) is 0 Å². The monoisotopic (exact) mass is 228 g/mol. The van der Waals surface area contributed by atoms with Crippen LogP contribution in [-0.4, -0.2) is 22.8 Å². The zero-order valence-corrected chi connectivity index (χ0v) is 8.86. The minimum Gasteiger partial charge on any atom is -0.504 e. The summed E-state index contributed by atoms with van der Waals surface area (Å²) < 4.78 is 18.0. The standard InChI is InChI=1S/C11H13FO4/c1-2-3-6-16-11(15)9-7(12)4-5-8(13)10(9)14/h4-5,13-14H,2-3,6H2,1H3. The first-order valence-electron chi connectivity index (χ1n) is 4.95. The zero-order chi connectivity index (χ0) is 12.1. The van der Waals surface area contributed by atoms with Gasteiger partial charge in [-0.15, -0.1) is 0 Å². The lowest BCUT2D eigenvalue weighted by Gasteiger charge is -2.07. The average Bonchev–Trinajstić information content (AvgIpc) is 2.24. The first kappa shape index (κ1) is 12.3. The maximum atomic E-state index is 13.2. The Morgan fingerprint density at radius 2 is 2.12 bits per heavy atom. The van der Waals surface area contributed by atoms with Gasteiger partial charge >= 0.3 is 5.97 Å². The minimum atomic E-state index is -0.973. The second-order valence-corrected chi connectivity index (χ2v) is 3.28. The summed E-state index contributed by atoms with van der Waals surface area (Å²) in [5, 5.41) is 18.4. The molecule has 0 saturated carbocycles. The lowest BCUT2D eigenvalue weighted by atomic mass is 10.1. The number of aromatic hydroxyl groups is 2. The maximum absolute atomic E-state index is 13.2. The van der Waals surface area contributed by atoms with E-state index in [4.69, 9.17) is 9.84 Å². The van der Waals surface area contributed by atoms with Crippen LogP contribution in [0.2, 0.25) is 0 Å². The van der Waals surface area contributed by atoms with Crippen LogP contribution < -0.4 is 0 Å². The van der Waals surface area contributed by atoms with Crippen molar-refractivity contribution in [2.45, 2.75) is 19.8 Å². The largest absolute Gasteiger partial charge is 0.504 e. The number of rotatable bonds is 4. The van der Waals surface area contributed by atoms with Crippen molar-refractivity contribution in [1.82, 2.24) is 0 Å². The van der Waals surface area contributed by atoms with Gasteiger partial charge in [-0.25, -0.2) is 9.18 Å². The van der Waals surface area contributed by atoms with E-state index in [9.17, 15) is 14.3 Å². The summed E-state index contributed by atoms with van der Waals surface area (Å²) in [6.45, 7) is 2.07. The number of hydrogen-bond acceptors (Lipinski definition) is 4. The molecular formula is C11H13FO4. The molecule has 0 bridgehead atoms. The normalized spacial score (nSPS) is 10.1. The number of halogens is 1. The van der Waals surface area contributed by atoms with Crippen molar-refractivity contribution in [2.75, 3.05) is 6.61 Å². The molecule has 0 amide bonds. The van der Waals surface area contributed by atoms with E-state index in [1.807, 2.05) is 6.92 Å². The van der Waals surface area contributed by atoms with Gasteiger partial charge in [-0.2, -0.15) is 0 Å². The third-order valence-corrected chi connectivity index (χ3v) is 2.04. The molecule has 0 unspecified atom stereocenters. The Kier molecular flexibility index (Phi) is 4.10. The number of benzene rings is 1. The molecule has 88 valence electrons. The number of carbonyl (C=O) groups excluding carboxylic acids is 1. The molecule has 0 radical (unpaired) electrons. The molecular weight excluding hydrogens is 215 g/mol. The highest BCUT2D eigenvalue weighted by molar-refractivity contribution is 5.93. The van der Waals surface area contributed by atoms with Crippen molar-refractivity contribution in [3.63, 3.8) is 0 Å². The van der Waals surface area contributed by atoms with Crippen LogP contribution in [-0.2, 0) is 4.74 Å². The number of ether oxygens (including phenoxy) is 1. The fourth-order valence-corrected chi connectivity index (χ4v) is 1.13. The van der Waals surface area contributed by atoms with Gasteiger partial charge in [0.1, 0.15) is 11.4 Å². The quantitative estimate of drug-likeness (QED) is 0.471. The van der Waals surface area contributed by atoms with Gasteiger partial charge in [0.25, 0.3) is 0 Å². The number of esters is 1. The van der Waals surface area contributed by atoms with Crippen LogP contribution in [0, 0.1) is 5.82 Å². The summed E-state index contributed by atoms with van der Waals surface area (Å²) >= 11 is 0. The van der Waals surface area contributed by atoms with Gasteiger partial charge in [0.05, 0.1) is 6.61 Å². The van der Waals surface area contributed by atoms with Crippen molar-refractivity contribution in [1.29, 1.82) is 0 Å². The van der Waals surface area contributed by atoms with Crippen LogP contribution in [0.5, 0.6) is 11.5 Å². The van der Waals surface area contributed by atoms with Crippen LogP contribution in [0.4, 0.5) is 4.39 Å². The number of phenols is 2. The molecule has 0 aliphatic carbocycles. The van der Waals surface area contributed by atoms with E-state index in [-0.39, 0.29) is 6.61 Å². The van der Waals surface area contributed by atoms with Crippen molar-refractivity contribution in [2.24, 2.45) is 0 Å². The molecule has 1 aromatic rings. The molecule has 0 aliphatic heterocycles. The zero-order valence-electron chi connectivity index (χ0n) is 8.86. The SMILES string of the molecule is CCCCOC(=O)c1c(F)ccc(O)c1O. The first-order chi connectivity index (χ1) is 7.57. The van der Waals surface area contributed by atoms with Gasteiger partial charge in [0.15, 0.2) is 11.5 Å². The highest BCUT2D eigenvalue weighted by Gasteiger charge is 2.20. The molecule has 0 aromatic heterocycles. The topological polar surface area (TPSA) is 66.8 Å². The van der Waals surface area contributed by atoms with E-state index < -0.39 is 28.8 Å². The third-order valence-electron chi connectivity index (χ3n) is 2.04. The average molecular weight is 228 g/mol. The molecule has 1 aromatic carbocycles. The summed E-state index contributed by atoms with van der Waals surface area (Å²) in [4.78, 5) is 11.4. The van der Waals surface area contributed by atoms with Crippen molar-refractivity contribution in [3.8, 4) is 11.5 Å². The molecule has 0 saturated heterocycles. The summed E-state index contributed by atoms with van der Waals surface area (Å²) in [5.41, 5.74) is -0.629. The summed E-state index contributed by atoms with van der Waals surface area (Å²) in [5.74, 6) is -3.23. The Morgan fingerprint density at radius 1 is 1.44 bits per heavy atom. The predicted octanol–water partition coefficient (Wildman–Crippen LogP) is 2.19. The highest BCUT2D eigenvalue weighted by Crippen LogP contribution is 2.31. The van der Waals surface area contributed by atoms with Crippen molar-refractivity contribution in [3.05, 3.63) is 23.5 Å². The van der Waals surface area contributed by atoms with Gasteiger partial charge in [-0.3, -0.25) is 0 Å². The maximum Gasteiger partial charge on any atom is 0.345 e. The first-order valence-corrected chi connectivity index (χ1v) is 4.95. The molecule has 0 spiro atoms. The van der Waals surface area contributed by atoms with E-state index >= 15 is 0 Å². The van der Waals surface area contributed by atoms with Crippen molar-refractivity contribution >= 4 is 5.97 Å². The molecule has 4 nitrogen and oxygen atoms in total. The Bertz CT molecular complexity index is 390. The smallest absolute Gasteiger partial charge is 0.345 e. The van der Waals surface area contributed by atoms with Gasteiger partial charge in [-0.1, -0.05) is 13.3 Å². The minimum absolute atomic E-state index is 0.157. The van der Waals surface area contributed by atoms with Crippen LogP contribution in [0.15, 0.2) is 12.1 Å². The van der Waals surface area contributed by atoms with Crippen LogP contribution in [0.25, 0.3) is 0 Å². The molecule has 2 N–H and O–H groups in total. The molecule has 0 aliphatic rings. The van der Waals surface area contributed by atoms with E-state index in [2.05, 4.69) is 0 Å². The summed E-state index contributed by atoms with van der Waals surface area (Å²) in [7, 11) is 0. The van der Waals surface area contributed by atoms with E-state index in [1.165, 1.54) is 0 Å². The second kappa shape index (κ2) is 5.34.